The van der Waals surface area contributed by atoms with Gasteiger partial charge in [-0.05, 0) is 32.8 Å². The van der Waals surface area contributed by atoms with E-state index < -0.39 is 5.60 Å². The number of amides is 1. The van der Waals surface area contributed by atoms with Crippen molar-refractivity contribution >= 4 is 6.09 Å². The van der Waals surface area contributed by atoms with Crippen LogP contribution < -0.4 is 5.73 Å². The Hall–Kier alpha value is -1.59. The van der Waals surface area contributed by atoms with E-state index in [2.05, 4.69) is 29.2 Å². The van der Waals surface area contributed by atoms with Crippen molar-refractivity contribution < 1.29 is 9.53 Å². The molecule has 3 rings (SSSR count). The molecule has 0 radical (unpaired) electrons. The Kier molecular flexibility index (Phi) is 4.34. The molecule has 0 saturated carbocycles. The largest absolute Gasteiger partial charge is 0.444 e. The Labute approximate surface area is 138 Å². The minimum absolute atomic E-state index is 0.0355. The lowest BCUT2D eigenvalue weighted by molar-refractivity contribution is -0.00632. The van der Waals surface area contributed by atoms with E-state index in [0.29, 0.717) is 0 Å². The van der Waals surface area contributed by atoms with Crippen molar-refractivity contribution in [3.05, 3.63) is 35.9 Å². The van der Waals surface area contributed by atoms with Crippen molar-refractivity contribution in [2.75, 3.05) is 13.1 Å². The smallest absolute Gasteiger partial charge is 0.410 e. The molecule has 0 unspecified atom stereocenters. The van der Waals surface area contributed by atoms with Crippen LogP contribution in [0.3, 0.4) is 0 Å². The van der Waals surface area contributed by atoms with Crippen LogP contribution in [0, 0.1) is 0 Å². The summed E-state index contributed by atoms with van der Waals surface area (Å²) in [7, 11) is 0. The summed E-state index contributed by atoms with van der Waals surface area (Å²) in [5.74, 6) is 0. The number of piperazine rings is 1. The van der Waals surface area contributed by atoms with E-state index in [9.17, 15) is 4.79 Å². The lowest BCUT2D eigenvalue weighted by Gasteiger charge is -2.41. The second-order valence-electron chi connectivity index (χ2n) is 7.69. The van der Waals surface area contributed by atoms with Crippen molar-refractivity contribution in [1.29, 1.82) is 0 Å². The minimum Gasteiger partial charge on any atom is -0.444 e. The zero-order valence-corrected chi connectivity index (χ0v) is 14.2. The highest BCUT2D eigenvalue weighted by molar-refractivity contribution is 5.70. The van der Waals surface area contributed by atoms with Crippen molar-refractivity contribution in [1.82, 2.24) is 9.80 Å². The summed E-state index contributed by atoms with van der Waals surface area (Å²) in [6.45, 7) is 8.28. The van der Waals surface area contributed by atoms with Gasteiger partial charge in [0, 0.05) is 31.7 Å². The number of likely N-dealkylation sites (tertiary alicyclic amines) is 1. The van der Waals surface area contributed by atoms with Crippen LogP contribution in [0.4, 0.5) is 4.79 Å². The molecule has 0 spiro atoms. The van der Waals surface area contributed by atoms with Gasteiger partial charge in [-0.1, -0.05) is 30.3 Å². The summed E-state index contributed by atoms with van der Waals surface area (Å²) < 4.78 is 5.57. The van der Waals surface area contributed by atoms with Gasteiger partial charge in [0.2, 0.25) is 0 Å². The highest BCUT2D eigenvalue weighted by atomic mass is 16.6. The molecule has 2 aliphatic rings. The number of hydrogen-bond acceptors (Lipinski definition) is 4. The molecule has 5 nitrogen and oxygen atoms in total. The molecule has 1 amide bonds. The monoisotopic (exact) mass is 317 g/mol. The molecule has 2 heterocycles. The van der Waals surface area contributed by atoms with Crippen molar-refractivity contribution in [2.45, 2.75) is 57.5 Å². The third kappa shape index (κ3) is 3.67. The van der Waals surface area contributed by atoms with E-state index in [-0.39, 0.29) is 24.2 Å². The Bertz CT molecular complexity index is 555. The Balaban J connectivity index is 1.68. The first-order valence-electron chi connectivity index (χ1n) is 8.36. The molecule has 1 aromatic rings. The molecule has 2 aliphatic heterocycles. The van der Waals surface area contributed by atoms with Crippen molar-refractivity contribution in [2.24, 2.45) is 5.73 Å². The van der Waals surface area contributed by atoms with Gasteiger partial charge < -0.3 is 10.5 Å². The average molecular weight is 317 g/mol. The minimum atomic E-state index is -0.470. The molecule has 2 saturated heterocycles. The van der Waals surface area contributed by atoms with Crippen LogP contribution in [0.2, 0.25) is 0 Å². The third-order valence-corrected chi connectivity index (χ3v) is 4.56. The first-order valence-corrected chi connectivity index (χ1v) is 8.36. The number of ether oxygens (including phenoxy) is 1. The molecule has 3 atom stereocenters. The van der Waals surface area contributed by atoms with Crippen LogP contribution in [0.15, 0.2) is 30.3 Å². The van der Waals surface area contributed by atoms with Crippen LogP contribution >= 0.6 is 0 Å². The molecule has 126 valence electrons. The van der Waals surface area contributed by atoms with Gasteiger partial charge in [0.15, 0.2) is 0 Å². The summed E-state index contributed by atoms with van der Waals surface area (Å²) in [4.78, 5) is 16.8. The summed E-state index contributed by atoms with van der Waals surface area (Å²) >= 11 is 0. The second-order valence-corrected chi connectivity index (χ2v) is 7.69. The van der Waals surface area contributed by atoms with Crippen LogP contribution in [-0.2, 0) is 11.3 Å². The highest BCUT2D eigenvalue weighted by Crippen LogP contribution is 2.31. The predicted molar refractivity (Wildman–Crippen MR) is 90.0 cm³/mol. The molecule has 2 bridgehead atoms. The lowest BCUT2D eigenvalue weighted by Crippen LogP contribution is -2.58. The zero-order valence-electron chi connectivity index (χ0n) is 14.2. The van der Waals surface area contributed by atoms with Gasteiger partial charge in [-0.15, -0.1) is 0 Å². The maximum atomic E-state index is 12.5. The first-order chi connectivity index (χ1) is 10.8. The zero-order chi connectivity index (χ0) is 16.6. The molecular formula is C18H27N3O2. The maximum Gasteiger partial charge on any atom is 0.410 e. The van der Waals surface area contributed by atoms with Crippen LogP contribution in [-0.4, -0.2) is 52.7 Å². The van der Waals surface area contributed by atoms with Gasteiger partial charge in [-0.2, -0.15) is 0 Å². The van der Waals surface area contributed by atoms with Crippen molar-refractivity contribution in [3.8, 4) is 0 Å². The van der Waals surface area contributed by atoms with Gasteiger partial charge in [0.25, 0.3) is 0 Å². The van der Waals surface area contributed by atoms with Crippen LogP contribution in [0.25, 0.3) is 0 Å². The van der Waals surface area contributed by atoms with E-state index in [1.807, 2.05) is 31.7 Å². The Morgan fingerprint density at radius 3 is 2.57 bits per heavy atom. The van der Waals surface area contributed by atoms with Gasteiger partial charge in [-0.3, -0.25) is 9.80 Å². The van der Waals surface area contributed by atoms with E-state index >= 15 is 0 Å². The summed E-state index contributed by atoms with van der Waals surface area (Å²) in [5, 5.41) is 0. The molecular weight excluding hydrogens is 290 g/mol. The molecule has 1 aromatic carbocycles. The highest BCUT2D eigenvalue weighted by Gasteiger charge is 2.48. The summed E-state index contributed by atoms with van der Waals surface area (Å²) in [6.07, 6.45) is 0.634. The molecule has 23 heavy (non-hydrogen) atoms. The normalized spacial score (nSPS) is 28.0. The van der Waals surface area contributed by atoms with Crippen LogP contribution in [0.1, 0.15) is 32.8 Å². The molecule has 2 fully saturated rings. The number of nitrogens with zero attached hydrogens (tertiary/aromatic N) is 2. The quantitative estimate of drug-likeness (QED) is 0.908. The maximum absolute atomic E-state index is 12.5. The summed E-state index contributed by atoms with van der Waals surface area (Å²) in [5.41, 5.74) is 7.12. The number of carbonyl (C=O) groups excluding carboxylic acids is 1. The van der Waals surface area contributed by atoms with Gasteiger partial charge in [-0.25, -0.2) is 4.79 Å². The van der Waals surface area contributed by atoms with Crippen molar-refractivity contribution in [3.63, 3.8) is 0 Å². The standard InChI is InChI=1S/C18H27N3O2/c1-18(2,3)23-17(22)21-14-9-15(19)16(21)12-20(11-14)10-13-7-5-4-6-8-13/h4-8,14-16H,9-12,19H2,1-3H3/t14-,15-,16-/m1/s1. The van der Waals surface area contributed by atoms with E-state index in [1.165, 1.54) is 5.56 Å². The number of fused-ring (bicyclic) bond motifs is 2. The first kappa shape index (κ1) is 16.3. The fourth-order valence-corrected chi connectivity index (χ4v) is 3.65. The lowest BCUT2D eigenvalue weighted by atomic mass is 10.1. The number of hydrogen-bond donors (Lipinski definition) is 1. The van der Waals surface area contributed by atoms with Crippen LogP contribution in [0.5, 0.6) is 0 Å². The fourth-order valence-electron chi connectivity index (χ4n) is 3.65. The van der Waals surface area contributed by atoms with E-state index in [1.54, 1.807) is 0 Å². The number of benzene rings is 1. The SMILES string of the molecule is CC(C)(C)OC(=O)N1[C@@H]2C[C@@H](N)[C@H]1CN(Cc1ccccc1)C2. The van der Waals surface area contributed by atoms with Gasteiger partial charge in [0.1, 0.15) is 5.60 Å². The topological polar surface area (TPSA) is 58.8 Å². The molecule has 0 aromatic heterocycles. The number of carbonyl (C=O) groups is 1. The predicted octanol–water partition coefficient (Wildman–Crippen LogP) is 2.21. The third-order valence-electron chi connectivity index (χ3n) is 4.56. The van der Waals surface area contributed by atoms with Gasteiger partial charge >= 0.3 is 6.09 Å². The van der Waals surface area contributed by atoms with Gasteiger partial charge in [0.05, 0.1) is 6.04 Å². The summed E-state index contributed by atoms with van der Waals surface area (Å²) in [6, 6.07) is 10.7. The average Bonchev–Trinajstić information content (AvgIpc) is 2.65. The molecule has 5 heteroatoms. The Morgan fingerprint density at radius 2 is 1.96 bits per heavy atom. The van der Waals surface area contributed by atoms with E-state index in [4.69, 9.17) is 10.5 Å². The Morgan fingerprint density at radius 1 is 1.26 bits per heavy atom. The molecule has 0 aliphatic carbocycles. The molecule has 2 N–H and O–H groups in total. The second kappa shape index (κ2) is 6.13. The van der Waals surface area contributed by atoms with E-state index in [0.717, 1.165) is 26.1 Å². The number of nitrogens with two attached hydrogens (primary N) is 1. The fraction of sp³-hybridized carbons (Fsp3) is 0.611. The number of rotatable bonds is 2.